The van der Waals surface area contributed by atoms with Gasteiger partial charge in [0.15, 0.2) is 5.13 Å². The average molecular weight is 381 g/mol. The summed E-state index contributed by atoms with van der Waals surface area (Å²) in [5.41, 5.74) is 1.53. The number of benzene rings is 2. The number of carbonyl (C=O) groups excluding carboxylic acids is 2. The Morgan fingerprint density at radius 2 is 2.04 bits per heavy atom. The number of ether oxygens (including phenoxy) is 1. The Labute approximate surface area is 160 Å². The highest BCUT2D eigenvalue weighted by Crippen LogP contribution is 2.29. The first-order valence-corrected chi connectivity index (χ1v) is 9.66. The predicted octanol–water partition coefficient (Wildman–Crippen LogP) is 4.06. The number of carbonyl (C=O) groups is 2. The van der Waals surface area contributed by atoms with Gasteiger partial charge >= 0.3 is 6.09 Å². The molecule has 0 atom stereocenters. The largest absolute Gasteiger partial charge is 0.450 e. The van der Waals surface area contributed by atoms with Crippen molar-refractivity contribution in [2.75, 3.05) is 18.5 Å². The molecule has 6 nitrogen and oxygen atoms in total. The van der Waals surface area contributed by atoms with Gasteiger partial charge in [0.2, 0.25) is 0 Å². The Morgan fingerprint density at radius 3 is 2.85 bits per heavy atom. The Kier molecular flexibility index (Phi) is 4.77. The van der Waals surface area contributed by atoms with Crippen LogP contribution in [0.2, 0.25) is 0 Å². The minimum atomic E-state index is -0.307. The fraction of sp³-hybridized carbons (Fsp3) is 0.250. The maximum atomic E-state index is 12.6. The van der Waals surface area contributed by atoms with Crippen molar-refractivity contribution in [3.05, 3.63) is 58.6 Å². The molecule has 0 aliphatic carbocycles. The van der Waals surface area contributed by atoms with Crippen molar-refractivity contribution < 1.29 is 14.3 Å². The number of aromatic nitrogens is 1. The van der Waals surface area contributed by atoms with Gasteiger partial charge in [0.05, 0.1) is 18.8 Å². The third-order valence-electron chi connectivity index (χ3n) is 4.49. The van der Waals surface area contributed by atoms with E-state index >= 15 is 0 Å². The van der Waals surface area contributed by atoms with Crippen molar-refractivity contribution in [1.29, 1.82) is 0 Å². The summed E-state index contributed by atoms with van der Waals surface area (Å²) in [7, 11) is 0. The molecule has 1 aliphatic rings. The van der Waals surface area contributed by atoms with Crippen LogP contribution in [0.15, 0.2) is 42.5 Å². The molecule has 1 N–H and O–H groups in total. The molecule has 2 amide bonds. The number of nitrogens with zero attached hydrogens (tertiary/aromatic N) is 2. The Bertz CT molecular complexity index is 1010. The number of nitrogens with one attached hydrogen (secondary N) is 1. The van der Waals surface area contributed by atoms with Crippen LogP contribution >= 0.6 is 11.3 Å². The molecule has 0 radical (unpaired) electrons. The summed E-state index contributed by atoms with van der Waals surface area (Å²) in [5.74, 6) is -0.186. The van der Waals surface area contributed by atoms with Crippen molar-refractivity contribution in [2.24, 2.45) is 0 Å². The molecule has 3 aromatic rings. The molecule has 2 aromatic carbocycles. The van der Waals surface area contributed by atoms with E-state index in [1.165, 1.54) is 11.3 Å². The highest BCUT2D eigenvalue weighted by atomic mass is 32.1. The van der Waals surface area contributed by atoms with E-state index in [-0.39, 0.29) is 12.0 Å². The molecule has 0 unspecified atom stereocenters. The highest BCUT2D eigenvalue weighted by molar-refractivity contribution is 7.15. The van der Waals surface area contributed by atoms with Crippen LogP contribution in [0.5, 0.6) is 0 Å². The van der Waals surface area contributed by atoms with Crippen LogP contribution in [0, 0.1) is 0 Å². The predicted molar refractivity (Wildman–Crippen MR) is 105 cm³/mol. The maximum Gasteiger partial charge on any atom is 0.410 e. The van der Waals surface area contributed by atoms with E-state index < -0.39 is 0 Å². The Hall–Kier alpha value is -2.93. The number of hydrogen-bond donors (Lipinski definition) is 1. The van der Waals surface area contributed by atoms with Crippen molar-refractivity contribution in [3.63, 3.8) is 0 Å². The number of fused-ring (bicyclic) bond motifs is 2. The van der Waals surface area contributed by atoms with E-state index in [1.54, 1.807) is 11.8 Å². The molecular weight excluding hydrogens is 362 g/mol. The normalized spacial score (nSPS) is 13.3. The molecular formula is C20H19N3O3S. The van der Waals surface area contributed by atoms with Crippen LogP contribution in [0.25, 0.3) is 10.8 Å². The van der Waals surface area contributed by atoms with Gasteiger partial charge in [-0.05, 0) is 29.8 Å². The molecule has 7 heteroatoms. The quantitative estimate of drug-likeness (QED) is 0.743. The minimum absolute atomic E-state index is 0.186. The number of hydrogen-bond acceptors (Lipinski definition) is 5. The third-order valence-corrected chi connectivity index (χ3v) is 5.49. The summed E-state index contributed by atoms with van der Waals surface area (Å²) in [4.78, 5) is 31.7. The van der Waals surface area contributed by atoms with E-state index in [0.717, 1.165) is 21.3 Å². The van der Waals surface area contributed by atoms with Crippen LogP contribution in [0.3, 0.4) is 0 Å². The molecule has 0 bridgehead atoms. The van der Waals surface area contributed by atoms with Gasteiger partial charge in [-0.15, -0.1) is 0 Å². The SMILES string of the molecule is CCOC(=O)N1CCc2nc(NC(=O)c3ccc4ccccc4c3)sc2C1. The van der Waals surface area contributed by atoms with Crippen molar-refractivity contribution >= 4 is 39.2 Å². The first-order chi connectivity index (χ1) is 13.1. The van der Waals surface area contributed by atoms with Crippen LogP contribution in [0.4, 0.5) is 9.93 Å². The smallest absolute Gasteiger partial charge is 0.410 e. The second-order valence-corrected chi connectivity index (χ2v) is 7.36. The first kappa shape index (κ1) is 17.5. The van der Waals surface area contributed by atoms with E-state index in [2.05, 4.69) is 10.3 Å². The van der Waals surface area contributed by atoms with Gasteiger partial charge in [-0.25, -0.2) is 9.78 Å². The Morgan fingerprint density at radius 1 is 1.22 bits per heavy atom. The average Bonchev–Trinajstić information content (AvgIpc) is 3.09. The van der Waals surface area contributed by atoms with Crippen LogP contribution < -0.4 is 5.32 Å². The summed E-state index contributed by atoms with van der Waals surface area (Å²) in [6.07, 6.45) is 0.356. The summed E-state index contributed by atoms with van der Waals surface area (Å²) in [5, 5.41) is 5.56. The number of amides is 2. The van der Waals surface area contributed by atoms with Gasteiger partial charge in [0.25, 0.3) is 5.91 Å². The zero-order chi connectivity index (χ0) is 18.8. The molecule has 138 valence electrons. The lowest BCUT2D eigenvalue weighted by Gasteiger charge is -2.24. The fourth-order valence-electron chi connectivity index (χ4n) is 3.12. The summed E-state index contributed by atoms with van der Waals surface area (Å²) >= 11 is 1.41. The number of anilines is 1. The lowest BCUT2D eigenvalue weighted by molar-refractivity contribution is 0.102. The van der Waals surface area contributed by atoms with E-state index in [9.17, 15) is 9.59 Å². The monoisotopic (exact) mass is 381 g/mol. The summed E-state index contributed by atoms with van der Waals surface area (Å²) in [6.45, 7) is 3.20. The molecule has 1 aliphatic heterocycles. The zero-order valence-electron chi connectivity index (χ0n) is 14.9. The first-order valence-electron chi connectivity index (χ1n) is 8.84. The molecule has 0 spiro atoms. The van der Waals surface area contributed by atoms with Gasteiger partial charge < -0.3 is 9.64 Å². The summed E-state index contributed by atoms with van der Waals surface area (Å²) in [6, 6.07) is 13.6. The highest BCUT2D eigenvalue weighted by Gasteiger charge is 2.25. The molecule has 27 heavy (non-hydrogen) atoms. The second-order valence-electron chi connectivity index (χ2n) is 6.28. The molecule has 0 saturated carbocycles. The molecule has 0 fully saturated rings. The van der Waals surface area contributed by atoms with Gasteiger partial charge in [-0.1, -0.05) is 41.7 Å². The fourth-order valence-corrected chi connectivity index (χ4v) is 4.14. The number of rotatable bonds is 3. The topological polar surface area (TPSA) is 71.5 Å². The van der Waals surface area contributed by atoms with E-state index in [4.69, 9.17) is 4.74 Å². The van der Waals surface area contributed by atoms with Gasteiger partial charge in [0, 0.05) is 23.4 Å². The van der Waals surface area contributed by atoms with Gasteiger partial charge in [-0.3, -0.25) is 10.1 Å². The maximum absolute atomic E-state index is 12.6. The van der Waals surface area contributed by atoms with Crippen LogP contribution in [-0.4, -0.2) is 35.0 Å². The third kappa shape index (κ3) is 3.64. The molecule has 2 heterocycles. The second kappa shape index (κ2) is 7.36. The summed E-state index contributed by atoms with van der Waals surface area (Å²) < 4.78 is 5.06. The van der Waals surface area contributed by atoms with Crippen LogP contribution in [0.1, 0.15) is 27.9 Å². The Balaban J connectivity index is 1.48. The van der Waals surface area contributed by atoms with Crippen molar-refractivity contribution in [2.45, 2.75) is 19.9 Å². The lowest BCUT2D eigenvalue weighted by Crippen LogP contribution is -2.35. The standard InChI is InChI=1S/C20H19N3O3S/c1-2-26-20(25)23-10-9-16-17(12-23)27-19(21-16)22-18(24)15-8-7-13-5-3-4-6-14(13)11-15/h3-8,11H,2,9-10,12H2,1H3,(H,21,22,24). The van der Waals surface area contributed by atoms with Crippen LogP contribution in [-0.2, 0) is 17.7 Å². The van der Waals surface area contributed by atoms with Crippen molar-refractivity contribution in [1.82, 2.24) is 9.88 Å². The molecule has 4 rings (SSSR count). The van der Waals surface area contributed by atoms with E-state index in [0.29, 0.717) is 36.8 Å². The van der Waals surface area contributed by atoms with Gasteiger partial charge in [0.1, 0.15) is 0 Å². The molecule has 0 saturated heterocycles. The zero-order valence-corrected chi connectivity index (χ0v) is 15.7. The molecule has 1 aromatic heterocycles. The number of thiazole rings is 1. The van der Waals surface area contributed by atoms with E-state index in [1.807, 2.05) is 42.5 Å². The lowest BCUT2D eigenvalue weighted by atomic mass is 10.1. The minimum Gasteiger partial charge on any atom is -0.450 e. The van der Waals surface area contributed by atoms with Crippen molar-refractivity contribution in [3.8, 4) is 0 Å². The van der Waals surface area contributed by atoms with Gasteiger partial charge in [-0.2, -0.15) is 0 Å².